The summed E-state index contributed by atoms with van der Waals surface area (Å²) < 4.78 is 12.2. The number of ether oxygens (including phenoxy) is 2. The lowest BCUT2D eigenvalue weighted by molar-refractivity contribution is -0.111. The fraction of sp³-hybridized carbons (Fsp3) is 0.714. The topological polar surface area (TPSA) is 30.5 Å². The lowest BCUT2D eigenvalue weighted by Gasteiger charge is -2.42. The molecule has 1 aliphatic heterocycles. The largest absolute Gasteiger partial charge is 0.381 e. The quantitative estimate of drug-likeness (QED) is 0.870. The Morgan fingerprint density at radius 2 is 2.21 bits per heavy atom. The summed E-state index contributed by atoms with van der Waals surface area (Å²) in [6.45, 7) is 4.68. The molecule has 0 saturated carbocycles. The summed E-state index contributed by atoms with van der Waals surface area (Å²) in [5.74, 6) is 0. The van der Waals surface area contributed by atoms with Crippen LogP contribution in [0, 0.1) is 0 Å². The Labute approximate surface area is 124 Å². The molecule has 1 aromatic rings. The Balaban J connectivity index is 2.24. The molecule has 2 heterocycles. The summed E-state index contributed by atoms with van der Waals surface area (Å²) >= 11 is 7.73. The van der Waals surface area contributed by atoms with Crippen LogP contribution in [0.5, 0.6) is 0 Å². The number of nitrogens with one attached hydrogen (secondary N) is 1. The van der Waals surface area contributed by atoms with Crippen molar-refractivity contribution in [3.05, 3.63) is 21.3 Å². The molecule has 1 N–H and O–H groups in total. The van der Waals surface area contributed by atoms with Gasteiger partial charge in [0.1, 0.15) is 0 Å². The van der Waals surface area contributed by atoms with Crippen LogP contribution in [0.25, 0.3) is 0 Å². The third-order valence-electron chi connectivity index (χ3n) is 3.75. The molecule has 1 fully saturated rings. The predicted molar refractivity (Wildman–Crippen MR) is 80.2 cm³/mol. The lowest BCUT2D eigenvalue weighted by atomic mass is 9.85. The van der Waals surface area contributed by atoms with Crippen LogP contribution in [0.4, 0.5) is 0 Å². The SMILES string of the molecule is CCCNC(c1ccc(Cl)s1)C1(OC)CCOCC1. The number of hydrogen-bond acceptors (Lipinski definition) is 4. The summed E-state index contributed by atoms with van der Waals surface area (Å²) in [6, 6.07) is 4.26. The molecule has 1 unspecified atom stereocenters. The van der Waals surface area contributed by atoms with Gasteiger partial charge in [0.2, 0.25) is 0 Å². The highest BCUT2D eigenvalue weighted by atomic mass is 35.5. The van der Waals surface area contributed by atoms with Gasteiger partial charge in [-0.3, -0.25) is 0 Å². The zero-order valence-corrected chi connectivity index (χ0v) is 13.1. The smallest absolute Gasteiger partial charge is 0.0931 e. The minimum atomic E-state index is -0.179. The number of hydrogen-bond donors (Lipinski definition) is 1. The lowest BCUT2D eigenvalue weighted by Crippen LogP contribution is -2.49. The zero-order valence-electron chi connectivity index (χ0n) is 11.6. The molecule has 2 rings (SSSR count). The van der Waals surface area contributed by atoms with Crippen LogP contribution in [0.3, 0.4) is 0 Å². The van der Waals surface area contributed by atoms with Crippen molar-refractivity contribution in [1.82, 2.24) is 5.32 Å². The number of rotatable bonds is 6. The van der Waals surface area contributed by atoms with Crippen molar-refractivity contribution in [2.24, 2.45) is 0 Å². The van der Waals surface area contributed by atoms with Crippen LogP contribution in [0.1, 0.15) is 37.1 Å². The third kappa shape index (κ3) is 3.50. The summed E-state index contributed by atoms with van der Waals surface area (Å²) in [4.78, 5) is 1.25. The van der Waals surface area contributed by atoms with Crippen LogP contribution in [0.2, 0.25) is 4.34 Å². The van der Waals surface area contributed by atoms with Crippen LogP contribution < -0.4 is 5.32 Å². The molecule has 0 bridgehead atoms. The van der Waals surface area contributed by atoms with Gasteiger partial charge in [0.15, 0.2) is 0 Å². The summed E-state index contributed by atoms with van der Waals surface area (Å²) in [5.41, 5.74) is -0.179. The second kappa shape index (κ2) is 7.04. The standard InChI is InChI=1S/C14H22ClNO2S/c1-3-8-16-13(11-4-5-12(15)19-11)14(17-2)6-9-18-10-7-14/h4-5,13,16H,3,6-10H2,1-2H3. The molecule has 19 heavy (non-hydrogen) atoms. The number of methoxy groups -OCH3 is 1. The highest BCUT2D eigenvalue weighted by Crippen LogP contribution is 2.40. The second-order valence-electron chi connectivity index (χ2n) is 4.91. The van der Waals surface area contributed by atoms with Crippen molar-refractivity contribution in [3.8, 4) is 0 Å². The molecule has 108 valence electrons. The molecule has 0 radical (unpaired) electrons. The first-order valence-corrected chi connectivity index (χ1v) is 8.03. The summed E-state index contributed by atoms with van der Waals surface area (Å²) in [6.07, 6.45) is 2.94. The molecule has 0 aliphatic carbocycles. The van der Waals surface area contributed by atoms with Gasteiger partial charge in [-0.25, -0.2) is 0 Å². The van der Waals surface area contributed by atoms with E-state index in [0.29, 0.717) is 0 Å². The molecule has 0 aromatic carbocycles. The van der Waals surface area contributed by atoms with Crippen molar-refractivity contribution in [2.45, 2.75) is 37.8 Å². The fourth-order valence-electron chi connectivity index (χ4n) is 2.65. The molecular weight excluding hydrogens is 282 g/mol. The van der Waals surface area contributed by atoms with Gasteiger partial charge >= 0.3 is 0 Å². The molecule has 5 heteroatoms. The number of thiophene rings is 1. The van der Waals surface area contributed by atoms with Gasteiger partial charge in [-0.2, -0.15) is 0 Å². The highest BCUT2D eigenvalue weighted by Gasteiger charge is 2.41. The van der Waals surface area contributed by atoms with E-state index in [0.717, 1.165) is 43.4 Å². The maximum Gasteiger partial charge on any atom is 0.0931 e. The minimum absolute atomic E-state index is 0.179. The summed E-state index contributed by atoms with van der Waals surface area (Å²) in [7, 11) is 1.81. The molecule has 3 nitrogen and oxygen atoms in total. The van der Waals surface area contributed by atoms with Crippen molar-refractivity contribution >= 4 is 22.9 Å². The van der Waals surface area contributed by atoms with E-state index in [1.807, 2.05) is 6.07 Å². The normalized spacial score (nSPS) is 20.4. The molecule has 0 spiro atoms. The van der Waals surface area contributed by atoms with Gasteiger partial charge in [0, 0.05) is 38.0 Å². The monoisotopic (exact) mass is 303 g/mol. The predicted octanol–water partition coefficient (Wildman–Crippen LogP) is 3.64. The molecule has 1 saturated heterocycles. The minimum Gasteiger partial charge on any atom is -0.381 e. The van der Waals surface area contributed by atoms with Gasteiger partial charge in [0.25, 0.3) is 0 Å². The van der Waals surface area contributed by atoms with E-state index in [4.69, 9.17) is 21.1 Å². The van der Waals surface area contributed by atoms with E-state index >= 15 is 0 Å². The van der Waals surface area contributed by atoms with Crippen LogP contribution >= 0.6 is 22.9 Å². The van der Waals surface area contributed by atoms with Gasteiger partial charge in [-0.05, 0) is 25.1 Å². The second-order valence-corrected chi connectivity index (χ2v) is 6.66. The molecule has 1 aliphatic rings. The Kier molecular flexibility index (Phi) is 5.66. The van der Waals surface area contributed by atoms with Gasteiger partial charge in [-0.1, -0.05) is 18.5 Å². The molecule has 1 aromatic heterocycles. The fourth-order valence-corrected chi connectivity index (χ4v) is 3.89. The van der Waals surface area contributed by atoms with Crippen LogP contribution in [-0.4, -0.2) is 32.5 Å². The highest BCUT2D eigenvalue weighted by molar-refractivity contribution is 7.16. The number of halogens is 1. The molecule has 1 atom stereocenters. The van der Waals surface area contributed by atoms with E-state index in [1.54, 1.807) is 18.4 Å². The maximum absolute atomic E-state index is 6.09. The maximum atomic E-state index is 6.09. The van der Waals surface area contributed by atoms with Gasteiger partial charge < -0.3 is 14.8 Å². The van der Waals surface area contributed by atoms with E-state index in [1.165, 1.54) is 4.88 Å². The Morgan fingerprint density at radius 1 is 1.47 bits per heavy atom. The molecule has 0 amide bonds. The first kappa shape index (κ1) is 15.3. The van der Waals surface area contributed by atoms with Gasteiger partial charge in [-0.15, -0.1) is 11.3 Å². The van der Waals surface area contributed by atoms with Crippen molar-refractivity contribution < 1.29 is 9.47 Å². The third-order valence-corrected chi connectivity index (χ3v) is 5.04. The zero-order chi connectivity index (χ0) is 13.7. The molecular formula is C14H22ClNO2S. The van der Waals surface area contributed by atoms with E-state index in [2.05, 4.69) is 18.3 Å². The van der Waals surface area contributed by atoms with E-state index < -0.39 is 0 Å². The average molecular weight is 304 g/mol. The van der Waals surface area contributed by atoms with E-state index in [-0.39, 0.29) is 11.6 Å². The first-order chi connectivity index (χ1) is 9.22. The van der Waals surface area contributed by atoms with Crippen molar-refractivity contribution in [1.29, 1.82) is 0 Å². The Hall–Kier alpha value is -0.130. The van der Waals surface area contributed by atoms with Crippen LogP contribution in [-0.2, 0) is 9.47 Å². The van der Waals surface area contributed by atoms with Gasteiger partial charge in [0.05, 0.1) is 16.0 Å². The average Bonchev–Trinajstić information content (AvgIpc) is 2.86. The van der Waals surface area contributed by atoms with E-state index in [9.17, 15) is 0 Å². The Morgan fingerprint density at radius 3 is 2.74 bits per heavy atom. The summed E-state index contributed by atoms with van der Waals surface area (Å²) in [5, 5.41) is 3.63. The Bertz CT molecular complexity index is 391. The van der Waals surface area contributed by atoms with Crippen molar-refractivity contribution in [3.63, 3.8) is 0 Å². The van der Waals surface area contributed by atoms with Crippen molar-refractivity contribution in [2.75, 3.05) is 26.9 Å². The first-order valence-electron chi connectivity index (χ1n) is 6.83. The van der Waals surface area contributed by atoms with Crippen LogP contribution in [0.15, 0.2) is 12.1 Å².